The van der Waals surface area contributed by atoms with Crippen molar-refractivity contribution in [3.05, 3.63) is 57.0 Å². The van der Waals surface area contributed by atoms with E-state index in [1.165, 1.54) is 128 Å². The largest absolute Gasteiger partial charge is 0.135 e. The van der Waals surface area contributed by atoms with E-state index in [1.54, 1.807) is 88.0 Å². The third-order valence-corrected chi connectivity index (χ3v) is 18.0. The van der Waals surface area contributed by atoms with Crippen molar-refractivity contribution in [1.82, 2.24) is 0 Å². The smallest absolute Gasteiger partial charge is 0.0420 e. The lowest BCUT2D eigenvalue weighted by Gasteiger charge is -2.33. The zero-order valence-electron chi connectivity index (χ0n) is 32.2. The predicted molar refractivity (Wildman–Crippen MR) is 239 cm³/mol. The molecule has 2 unspecified atom stereocenters. The number of thiophene rings is 3. The Morgan fingerprint density at radius 3 is 1.58 bits per heavy atom. The summed E-state index contributed by atoms with van der Waals surface area (Å²) in [5.74, 6) is 0.487. The van der Waals surface area contributed by atoms with Crippen LogP contribution in [-0.4, -0.2) is 5.25 Å². The SMILES string of the molecule is CCCCCCC1=C(CCCCCC)C2Sc3ccc4sc5c(CCCCCC)c(CCCCCC)c6sc7ccc8sc1c1c8c7c6c5c4c3C12. The van der Waals surface area contributed by atoms with Crippen molar-refractivity contribution in [3.63, 3.8) is 0 Å². The van der Waals surface area contributed by atoms with Gasteiger partial charge in [-0.2, -0.15) is 0 Å². The second-order valence-corrected chi connectivity index (χ2v) is 20.7. The first kappa shape index (κ1) is 35.8. The zero-order valence-corrected chi connectivity index (χ0v) is 35.5. The molecule has 3 aromatic heterocycles. The molecule has 274 valence electrons. The topological polar surface area (TPSA) is 0 Å². The van der Waals surface area contributed by atoms with Crippen molar-refractivity contribution in [2.24, 2.45) is 0 Å². The number of hydrogen-bond acceptors (Lipinski definition) is 4. The number of aryl methyl sites for hydroxylation is 2. The first-order valence-corrected chi connectivity index (χ1v) is 24.8. The predicted octanol–water partition coefficient (Wildman–Crippen LogP) is 17.5. The molecule has 0 N–H and O–H groups in total. The molecule has 52 heavy (non-hydrogen) atoms. The van der Waals surface area contributed by atoms with Crippen LogP contribution in [0.5, 0.6) is 0 Å². The fourth-order valence-electron chi connectivity index (χ4n) is 10.4. The molecule has 4 heterocycles. The van der Waals surface area contributed by atoms with E-state index in [2.05, 4.69) is 97.7 Å². The Morgan fingerprint density at radius 1 is 0.462 bits per heavy atom. The molecular weight excluding hydrogens is 705 g/mol. The molecule has 0 nitrogen and oxygen atoms in total. The van der Waals surface area contributed by atoms with E-state index in [-0.39, 0.29) is 0 Å². The molecule has 9 rings (SSSR count). The highest BCUT2D eigenvalue weighted by molar-refractivity contribution is 8.00. The maximum Gasteiger partial charge on any atom is 0.0420 e. The van der Waals surface area contributed by atoms with Gasteiger partial charge in [0.2, 0.25) is 0 Å². The second-order valence-electron chi connectivity index (χ2n) is 16.3. The van der Waals surface area contributed by atoms with Crippen molar-refractivity contribution in [1.29, 1.82) is 0 Å². The number of benzene rings is 3. The van der Waals surface area contributed by atoms with Gasteiger partial charge in [-0.1, -0.05) is 110 Å². The molecule has 1 aliphatic heterocycles. The molecule has 4 heteroatoms. The third-order valence-electron chi connectivity index (χ3n) is 12.9. The maximum absolute atomic E-state index is 2.56. The van der Waals surface area contributed by atoms with Gasteiger partial charge in [0.25, 0.3) is 0 Å². The highest BCUT2D eigenvalue weighted by Crippen LogP contribution is 2.66. The molecule has 0 saturated heterocycles. The quantitative estimate of drug-likeness (QED) is 0.0698. The number of allylic oxidation sites excluding steroid dienone is 1. The number of thioether (sulfide) groups is 1. The Kier molecular flexibility index (Phi) is 10.6. The molecule has 0 spiro atoms. The van der Waals surface area contributed by atoms with E-state index in [4.69, 9.17) is 0 Å². The summed E-state index contributed by atoms with van der Waals surface area (Å²) in [5, 5.41) is 8.81. The average molecular weight is 763 g/mol. The molecule has 0 radical (unpaired) electrons. The molecule has 6 aromatic rings. The van der Waals surface area contributed by atoms with E-state index >= 15 is 0 Å². The van der Waals surface area contributed by atoms with Gasteiger partial charge in [-0.15, -0.1) is 45.8 Å². The number of rotatable bonds is 20. The summed E-state index contributed by atoms with van der Waals surface area (Å²) in [7, 11) is 0. The lowest BCUT2D eigenvalue weighted by Crippen LogP contribution is -2.22. The molecule has 3 aliphatic rings. The molecule has 2 aliphatic carbocycles. The van der Waals surface area contributed by atoms with E-state index < -0.39 is 0 Å². The zero-order chi connectivity index (χ0) is 35.3. The van der Waals surface area contributed by atoms with Gasteiger partial charge in [-0.3, -0.25) is 0 Å². The Balaban J connectivity index is 1.34. The summed E-state index contributed by atoms with van der Waals surface area (Å²) >= 11 is 8.78. The minimum Gasteiger partial charge on any atom is -0.135 e. The van der Waals surface area contributed by atoms with Crippen LogP contribution in [0.4, 0.5) is 0 Å². The summed E-state index contributed by atoms with van der Waals surface area (Å²) < 4.78 is 7.96. The van der Waals surface area contributed by atoms with Gasteiger partial charge in [0.15, 0.2) is 0 Å². The van der Waals surface area contributed by atoms with Crippen LogP contribution in [-0.2, 0) is 12.8 Å². The van der Waals surface area contributed by atoms with Gasteiger partial charge in [0.05, 0.1) is 0 Å². The molecule has 3 aromatic carbocycles. The summed E-state index contributed by atoms with van der Waals surface area (Å²) in [4.78, 5) is 3.29. The van der Waals surface area contributed by atoms with Crippen molar-refractivity contribution in [2.45, 2.75) is 172 Å². The number of hydrogen-bond donors (Lipinski definition) is 0. The molecule has 0 bridgehead atoms. The normalized spacial score (nSPS) is 17.5. The van der Waals surface area contributed by atoms with Crippen LogP contribution >= 0.6 is 45.8 Å². The monoisotopic (exact) mass is 762 g/mol. The van der Waals surface area contributed by atoms with E-state index in [0.29, 0.717) is 11.2 Å². The summed E-state index contributed by atoms with van der Waals surface area (Å²) in [6, 6.07) is 10.2. The van der Waals surface area contributed by atoms with E-state index in [1.807, 2.05) is 5.57 Å². The summed E-state index contributed by atoms with van der Waals surface area (Å²) in [6.07, 6.45) is 26.5. The molecule has 2 atom stereocenters. The Hall–Kier alpha value is -1.85. The molecule has 0 fully saturated rings. The van der Waals surface area contributed by atoms with Crippen LogP contribution < -0.4 is 0 Å². The first-order chi connectivity index (χ1) is 25.7. The van der Waals surface area contributed by atoms with Gasteiger partial charge >= 0.3 is 0 Å². The standard InChI is InChI=1S/C48H58S4/c1-5-9-13-17-21-29-30(22-18-14-10-6-2)46-42-39-34(50-46)27-28-36-40(39)44-43-38-35(26-25-33-37(38)41(42)45(29)49-33)51-47(43)31(23-19-15-11-7-3)32(48(44)52-36)24-20-16-12-8-4/h25-28,41,45H,5-24H2,1-4H3. The Labute approximate surface area is 328 Å². The fraction of sp³-hybridized carbons (Fsp3) is 0.542. The van der Waals surface area contributed by atoms with Crippen LogP contribution in [0.25, 0.3) is 56.0 Å². The molecule has 0 saturated carbocycles. The van der Waals surface area contributed by atoms with Crippen molar-refractivity contribution >= 4 is 102 Å². The lowest BCUT2D eigenvalue weighted by atomic mass is 9.73. The fourth-order valence-corrected chi connectivity index (χ4v) is 16.0. The third kappa shape index (κ3) is 5.77. The van der Waals surface area contributed by atoms with Crippen LogP contribution in [0.3, 0.4) is 0 Å². The van der Waals surface area contributed by atoms with Gasteiger partial charge in [-0.25, -0.2) is 0 Å². The van der Waals surface area contributed by atoms with Crippen molar-refractivity contribution in [2.75, 3.05) is 0 Å². The highest BCUT2D eigenvalue weighted by Gasteiger charge is 2.46. The lowest BCUT2D eigenvalue weighted by molar-refractivity contribution is 0.641. The summed E-state index contributed by atoms with van der Waals surface area (Å²) in [6.45, 7) is 9.43. The van der Waals surface area contributed by atoms with Crippen LogP contribution in [0.15, 0.2) is 34.7 Å². The van der Waals surface area contributed by atoms with Crippen LogP contribution in [0, 0.1) is 0 Å². The highest BCUT2D eigenvalue weighted by atomic mass is 32.2. The van der Waals surface area contributed by atoms with E-state index in [0.717, 1.165) is 0 Å². The van der Waals surface area contributed by atoms with Gasteiger partial charge in [-0.05, 0) is 103 Å². The minimum atomic E-state index is 0.487. The maximum atomic E-state index is 2.56. The van der Waals surface area contributed by atoms with Crippen molar-refractivity contribution in [3.8, 4) is 0 Å². The first-order valence-electron chi connectivity index (χ1n) is 21.4. The van der Waals surface area contributed by atoms with Crippen LogP contribution in [0.2, 0.25) is 0 Å². The van der Waals surface area contributed by atoms with Gasteiger partial charge in [0.1, 0.15) is 0 Å². The van der Waals surface area contributed by atoms with Gasteiger partial charge in [0, 0.05) is 71.4 Å². The Bertz CT molecular complexity index is 2300. The average Bonchev–Trinajstić information content (AvgIpc) is 3.91. The molecule has 0 amide bonds. The van der Waals surface area contributed by atoms with Crippen molar-refractivity contribution < 1.29 is 0 Å². The molecular formula is C48H58S4. The summed E-state index contributed by atoms with van der Waals surface area (Å²) in [5.41, 5.74) is 10.5. The second kappa shape index (κ2) is 15.4. The van der Waals surface area contributed by atoms with Gasteiger partial charge < -0.3 is 0 Å². The number of unbranched alkanes of at least 4 members (excludes halogenated alkanes) is 12. The van der Waals surface area contributed by atoms with E-state index in [9.17, 15) is 0 Å². The Morgan fingerprint density at radius 2 is 0.962 bits per heavy atom. The van der Waals surface area contributed by atoms with Crippen LogP contribution in [0.1, 0.15) is 176 Å². The minimum absolute atomic E-state index is 0.487.